The lowest BCUT2D eigenvalue weighted by Crippen LogP contribution is -2.52. The highest BCUT2D eigenvalue weighted by Crippen LogP contribution is 2.25. The van der Waals surface area contributed by atoms with Gasteiger partial charge >= 0.3 is 12.0 Å². The summed E-state index contributed by atoms with van der Waals surface area (Å²) in [5.74, 6) is -1.80. The normalized spacial score (nSPS) is 27.1. The van der Waals surface area contributed by atoms with E-state index in [9.17, 15) is 19.5 Å². The number of amides is 3. The molecule has 1 saturated heterocycles. The molecule has 0 bridgehead atoms. The molecule has 1 aliphatic carbocycles. The molecule has 0 aromatic heterocycles. The molecule has 1 aliphatic heterocycles. The fourth-order valence-corrected chi connectivity index (χ4v) is 3.22. The molecule has 2 aliphatic rings. The van der Waals surface area contributed by atoms with Crippen LogP contribution in [-0.4, -0.2) is 47.0 Å². The maximum Gasteiger partial charge on any atom is 0.317 e. The van der Waals surface area contributed by atoms with Gasteiger partial charge in [0.1, 0.15) is 0 Å². The lowest BCUT2D eigenvalue weighted by Gasteiger charge is -2.34. The zero-order valence-electron chi connectivity index (χ0n) is 12.1. The second-order valence-corrected chi connectivity index (χ2v) is 5.95. The molecule has 1 saturated carbocycles. The molecule has 0 aromatic carbocycles. The quantitative estimate of drug-likeness (QED) is 0.705. The molecule has 21 heavy (non-hydrogen) atoms. The van der Waals surface area contributed by atoms with Crippen molar-refractivity contribution in [1.29, 1.82) is 0 Å². The monoisotopic (exact) mass is 297 g/mol. The van der Waals surface area contributed by atoms with Crippen molar-refractivity contribution in [2.75, 3.05) is 13.1 Å². The fraction of sp³-hybridized carbons (Fsp3) is 0.786. The molecule has 7 nitrogen and oxygen atoms in total. The van der Waals surface area contributed by atoms with Crippen LogP contribution in [0.5, 0.6) is 0 Å². The maximum atomic E-state index is 12.2. The van der Waals surface area contributed by atoms with E-state index in [4.69, 9.17) is 5.73 Å². The van der Waals surface area contributed by atoms with Crippen molar-refractivity contribution in [2.24, 2.45) is 17.6 Å². The summed E-state index contributed by atoms with van der Waals surface area (Å²) in [6.45, 7) is 0.980. The van der Waals surface area contributed by atoms with Crippen LogP contribution in [0, 0.1) is 11.8 Å². The highest BCUT2D eigenvalue weighted by atomic mass is 16.4. The van der Waals surface area contributed by atoms with Gasteiger partial charge in [-0.2, -0.15) is 0 Å². The number of likely N-dealkylation sites (tertiary alicyclic amines) is 1. The second kappa shape index (κ2) is 6.78. The van der Waals surface area contributed by atoms with Crippen LogP contribution in [0.15, 0.2) is 0 Å². The van der Waals surface area contributed by atoms with Crippen molar-refractivity contribution in [3.8, 4) is 0 Å². The summed E-state index contributed by atoms with van der Waals surface area (Å²) in [5.41, 5.74) is 5.27. The third-order valence-corrected chi connectivity index (χ3v) is 4.58. The van der Waals surface area contributed by atoms with Gasteiger partial charge in [0.15, 0.2) is 0 Å². The Morgan fingerprint density at radius 2 is 1.67 bits per heavy atom. The van der Waals surface area contributed by atoms with Crippen molar-refractivity contribution in [1.82, 2.24) is 10.2 Å². The third-order valence-electron chi connectivity index (χ3n) is 4.58. The van der Waals surface area contributed by atoms with E-state index in [1.807, 2.05) is 0 Å². The Morgan fingerprint density at radius 1 is 1.05 bits per heavy atom. The lowest BCUT2D eigenvalue weighted by molar-refractivity contribution is -0.143. The average molecular weight is 297 g/mol. The summed E-state index contributed by atoms with van der Waals surface area (Å²) >= 11 is 0. The van der Waals surface area contributed by atoms with Gasteiger partial charge in [-0.3, -0.25) is 9.59 Å². The molecule has 0 radical (unpaired) electrons. The number of carboxylic acid groups (broad SMARTS) is 1. The molecular weight excluding hydrogens is 274 g/mol. The molecule has 0 spiro atoms. The van der Waals surface area contributed by atoms with E-state index in [0.717, 1.165) is 12.8 Å². The number of carbonyl (C=O) groups excluding carboxylic acids is 2. The van der Waals surface area contributed by atoms with Crippen LogP contribution in [0.4, 0.5) is 4.79 Å². The molecule has 1 heterocycles. The molecule has 4 N–H and O–H groups in total. The summed E-state index contributed by atoms with van der Waals surface area (Å²) in [5, 5.41) is 12.1. The average Bonchev–Trinajstić information content (AvgIpc) is 2.47. The van der Waals surface area contributed by atoms with E-state index in [2.05, 4.69) is 5.32 Å². The Balaban J connectivity index is 1.86. The minimum Gasteiger partial charge on any atom is -0.481 e. The van der Waals surface area contributed by atoms with Gasteiger partial charge in [-0.05, 0) is 25.7 Å². The zero-order valence-corrected chi connectivity index (χ0v) is 12.1. The van der Waals surface area contributed by atoms with E-state index in [-0.39, 0.29) is 23.9 Å². The number of hydrogen-bond acceptors (Lipinski definition) is 3. The van der Waals surface area contributed by atoms with Gasteiger partial charge in [0.2, 0.25) is 5.91 Å². The minimum atomic E-state index is -0.840. The Morgan fingerprint density at radius 3 is 2.24 bits per heavy atom. The number of aliphatic carboxylic acids is 1. The first-order chi connectivity index (χ1) is 9.99. The number of urea groups is 1. The molecule has 3 amide bonds. The predicted molar refractivity (Wildman–Crippen MR) is 75.4 cm³/mol. The standard InChI is InChI=1S/C14H23N3O4/c15-12(18)9-5-7-17(8-6-9)14(21)16-11-4-2-1-3-10(11)13(19)20/h9-11H,1-8H2,(H2,15,18)(H,16,21)(H,19,20). The summed E-state index contributed by atoms with van der Waals surface area (Å²) in [7, 11) is 0. The van der Waals surface area contributed by atoms with Gasteiger partial charge in [0.25, 0.3) is 0 Å². The number of carbonyl (C=O) groups is 3. The Labute approximate surface area is 123 Å². The van der Waals surface area contributed by atoms with E-state index in [1.54, 1.807) is 4.90 Å². The van der Waals surface area contributed by atoms with Crippen LogP contribution in [0.3, 0.4) is 0 Å². The van der Waals surface area contributed by atoms with Crippen molar-refractivity contribution in [3.05, 3.63) is 0 Å². The van der Waals surface area contributed by atoms with Gasteiger partial charge in [-0.1, -0.05) is 12.8 Å². The summed E-state index contributed by atoms with van der Waals surface area (Å²) in [6, 6.07) is -0.520. The third kappa shape index (κ3) is 3.86. The number of primary amides is 1. The molecule has 2 atom stereocenters. The number of rotatable bonds is 3. The molecule has 2 fully saturated rings. The maximum absolute atomic E-state index is 12.2. The minimum absolute atomic E-state index is 0.157. The summed E-state index contributed by atoms with van der Waals surface area (Å²) in [6.07, 6.45) is 4.32. The fourth-order valence-electron chi connectivity index (χ4n) is 3.22. The van der Waals surface area contributed by atoms with Gasteiger partial charge in [0, 0.05) is 25.0 Å². The van der Waals surface area contributed by atoms with Crippen molar-refractivity contribution in [2.45, 2.75) is 44.6 Å². The first kappa shape index (κ1) is 15.6. The number of nitrogens with one attached hydrogen (secondary N) is 1. The van der Waals surface area contributed by atoms with Gasteiger partial charge in [-0.25, -0.2) is 4.79 Å². The highest BCUT2D eigenvalue weighted by Gasteiger charge is 2.33. The number of nitrogens with zero attached hydrogens (tertiary/aromatic N) is 1. The first-order valence-electron chi connectivity index (χ1n) is 7.56. The summed E-state index contributed by atoms with van der Waals surface area (Å²) < 4.78 is 0. The van der Waals surface area contributed by atoms with Crippen LogP contribution in [0.2, 0.25) is 0 Å². The zero-order chi connectivity index (χ0) is 15.4. The Hall–Kier alpha value is -1.79. The Kier molecular flexibility index (Phi) is 5.03. The van der Waals surface area contributed by atoms with Crippen LogP contribution in [0.1, 0.15) is 38.5 Å². The molecule has 7 heteroatoms. The number of piperidine rings is 1. The summed E-state index contributed by atoms with van der Waals surface area (Å²) in [4.78, 5) is 36.2. The van der Waals surface area contributed by atoms with Crippen molar-refractivity contribution < 1.29 is 19.5 Å². The van der Waals surface area contributed by atoms with Gasteiger partial charge in [0.05, 0.1) is 5.92 Å². The van der Waals surface area contributed by atoms with E-state index >= 15 is 0 Å². The Bertz CT molecular complexity index is 418. The van der Waals surface area contributed by atoms with Crippen LogP contribution >= 0.6 is 0 Å². The van der Waals surface area contributed by atoms with Crippen molar-refractivity contribution >= 4 is 17.9 Å². The first-order valence-corrected chi connectivity index (χ1v) is 7.56. The van der Waals surface area contributed by atoms with Crippen LogP contribution in [-0.2, 0) is 9.59 Å². The SMILES string of the molecule is NC(=O)C1CCN(C(=O)NC2CCCCC2C(=O)O)CC1. The molecule has 0 aromatic rings. The number of hydrogen-bond donors (Lipinski definition) is 3. The largest absolute Gasteiger partial charge is 0.481 e. The van der Waals surface area contributed by atoms with Gasteiger partial charge in [-0.15, -0.1) is 0 Å². The number of nitrogens with two attached hydrogens (primary N) is 1. The highest BCUT2D eigenvalue weighted by molar-refractivity contribution is 5.79. The van der Waals surface area contributed by atoms with Crippen molar-refractivity contribution in [3.63, 3.8) is 0 Å². The van der Waals surface area contributed by atoms with E-state index < -0.39 is 11.9 Å². The molecule has 2 unspecified atom stereocenters. The molecular formula is C14H23N3O4. The molecule has 2 rings (SSSR count). The predicted octanol–water partition coefficient (Wildman–Crippen LogP) is 0.537. The number of carboxylic acids is 1. The van der Waals surface area contributed by atoms with Gasteiger partial charge < -0.3 is 21.1 Å². The smallest absolute Gasteiger partial charge is 0.317 e. The van der Waals surface area contributed by atoms with E-state index in [0.29, 0.717) is 38.8 Å². The van der Waals surface area contributed by atoms with E-state index in [1.165, 1.54) is 0 Å². The lowest BCUT2D eigenvalue weighted by atomic mass is 9.84. The second-order valence-electron chi connectivity index (χ2n) is 5.95. The molecule has 118 valence electrons. The van der Waals surface area contributed by atoms with Crippen LogP contribution in [0.25, 0.3) is 0 Å². The topological polar surface area (TPSA) is 113 Å². The van der Waals surface area contributed by atoms with Crippen LogP contribution < -0.4 is 11.1 Å².